The molecule has 0 radical (unpaired) electrons. The van der Waals surface area contributed by atoms with Gasteiger partial charge in [0.05, 0.1) is 11.0 Å². The first-order valence-corrected chi connectivity index (χ1v) is 25.6. The summed E-state index contributed by atoms with van der Waals surface area (Å²) < 4.78 is 2.48. The van der Waals surface area contributed by atoms with E-state index in [1.165, 1.54) is 87.1 Å². The smallest absolute Gasteiger partial charge is 0.0547 e. The Hall–Kier alpha value is -9.70. The third-order valence-electron chi connectivity index (χ3n) is 15.4. The molecule has 1 heterocycles. The molecule has 0 unspecified atom stereocenters. The average Bonchev–Trinajstić information content (AvgIpc) is 4.05. The van der Waals surface area contributed by atoms with Gasteiger partial charge in [0.15, 0.2) is 0 Å². The van der Waals surface area contributed by atoms with Crippen LogP contribution >= 0.6 is 0 Å². The maximum absolute atomic E-state index is 2.48. The minimum atomic E-state index is 0.919. The third kappa shape index (κ3) is 6.97. The van der Waals surface area contributed by atoms with Gasteiger partial charge in [-0.2, -0.15) is 0 Å². The lowest BCUT2D eigenvalue weighted by Crippen LogP contribution is -2.14. The molecule has 74 heavy (non-hydrogen) atoms. The van der Waals surface area contributed by atoms with E-state index in [4.69, 9.17) is 0 Å². The SMILES string of the molecule is c1ccc(-n2c3cc(-c4cc(N(c5ccc6ccccc6c5)c5ccc6ccccc6c5)cc(N(c5ccc6ccccc6c5)c5ccc6ccccc6c5)c4)ccc3c3c4c(ccc32)-c2ccccc2C4)cc1. The molecule has 0 N–H and O–H groups in total. The van der Waals surface area contributed by atoms with Crippen LogP contribution < -0.4 is 9.80 Å². The van der Waals surface area contributed by atoms with Crippen LogP contribution in [0.25, 0.3) is 92.8 Å². The molecule has 1 aliphatic carbocycles. The first-order valence-electron chi connectivity index (χ1n) is 25.6. The Kier molecular flexibility index (Phi) is 9.64. The van der Waals surface area contributed by atoms with Gasteiger partial charge in [0, 0.05) is 50.6 Å². The molecule has 0 saturated carbocycles. The summed E-state index contributed by atoms with van der Waals surface area (Å²) in [5.74, 6) is 0. The van der Waals surface area contributed by atoms with Crippen LogP contribution in [0.1, 0.15) is 11.1 Å². The second-order valence-corrected chi connectivity index (χ2v) is 19.8. The summed E-state index contributed by atoms with van der Waals surface area (Å²) >= 11 is 0. The standard InChI is InChI=1S/C71H47N3/c1-2-23-58(24-3-1)74-69-37-36-66-65-25-13-12-22-56(65)44-68(66)71(69)67-35-30-55(45-70(67)74)57-42-63(72(59-31-26-47-14-4-8-18-51(47)38-59)60-32-27-48-15-5-9-19-52(48)39-60)46-64(43-57)73(61-33-28-49-16-6-10-20-53(49)40-61)62-34-29-50-17-7-11-21-54(50)41-62/h1-43,45-46H,44H2. The van der Waals surface area contributed by atoms with Gasteiger partial charge in [-0.3, -0.25) is 0 Å². The van der Waals surface area contributed by atoms with E-state index in [2.05, 4.69) is 287 Å². The van der Waals surface area contributed by atoms with E-state index in [1.54, 1.807) is 0 Å². The van der Waals surface area contributed by atoms with Crippen LogP contribution in [0.3, 0.4) is 0 Å². The number of rotatable bonds is 8. The number of fused-ring (bicyclic) bond motifs is 11. The van der Waals surface area contributed by atoms with Gasteiger partial charge in [0.2, 0.25) is 0 Å². The number of para-hydroxylation sites is 1. The first-order chi connectivity index (χ1) is 36.6. The van der Waals surface area contributed by atoms with E-state index in [9.17, 15) is 0 Å². The molecule has 0 amide bonds. The normalized spacial score (nSPS) is 12.0. The summed E-state index contributed by atoms with van der Waals surface area (Å²) in [7, 11) is 0. The lowest BCUT2D eigenvalue weighted by molar-refractivity contribution is 1.18. The zero-order chi connectivity index (χ0) is 48.7. The van der Waals surface area contributed by atoms with Crippen LogP contribution in [0, 0.1) is 0 Å². The summed E-state index contributed by atoms with van der Waals surface area (Å²) in [5, 5.41) is 12.2. The summed E-state index contributed by atoms with van der Waals surface area (Å²) in [4.78, 5) is 4.90. The zero-order valence-electron chi connectivity index (χ0n) is 40.5. The van der Waals surface area contributed by atoms with Crippen molar-refractivity contribution in [2.24, 2.45) is 0 Å². The van der Waals surface area contributed by atoms with Crippen molar-refractivity contribution in [3.63, 3.8) is 0 Å². The van der Waals surface area contributed by atoms with E-state index in [1.807, 2.05) is 0 Å². The number of hydrogen-bond donors (Lipinski definition) is 0. The monoisotopic (exact) mass is 941 g/mol. The van der Waals surface area contributed by atoms with Crippen LogP contribution in [-0.4, -0.2) is 4.57 Å². The maximum atomic E-state index is 2.48. The van der Waals surface area contributed by atoms with Gasteiger partial charge in [0.1, 0.15) is 0 Å². The molecule has 15 rings (SSSR count). The van der Waals surface area contributed by atoms with Crippen LogP contribution in [0.4, 0.5) is 34.1 Å². The van der Waals surface area contributed by atoms with Crippen molar-refractivity contribution in [3.8, 4) is 27.9 Å². The van der Waals surface area contributed by atoms with Gasteiger partial charge in [-0.15, -0.1) is 0 Å². The van der Waals surface area contributed by atoms with E-state index < -0.39 is 0 Å². The Labute approximate surface area is 429 Å². The molecule has 0 atom stereocenters. The van der Waals surface area contributed by atoms with Crippen molar-refractivity contribution >= 4 is 99.0 Å². The molecule has 1 aromatic heterocycles. The van der Waals surface area contributed by atoms with Crippen LogP contribution in [0.15, 0.2) is 273 Å². The van der Waals surface area contributed by atoms with Crippen molar-refractivity contribution in [1.29, 1.82) is 0 Å². The predicted octanol–water partition coefficient (Wildman–Crippen LogP) is 19.6. The molecular formula is C71H47N3. The highest BCUT2D eigenvalue weighted by Gasteiger charge is 2.26. The van der Waals surface area contributed by atoms with Gasteiger partial charge in [-0.05, 0) is 174 Å². The molecule has 0 saturated heterocycles. The minimum absolute atomic E-state index is 0.919. The largest absolute Gasteiger partial charge is 0.310 e. The molecule has 0 aliphatic heterocycles. The number of anilines is 6. The Morgan fingerprint density at radius 1 is 0.284 bits per heavy atom. The molecule has 3 nitrogen and oxygen atoms in total. The molecular weight excluding hydrogens is 895 g/mol. The van der Waals surface area contributed by atoms with E-state index >= 15 is 0 Å². The lowest BCUT2D eigenvalue weighted by atomic mass is 9.98. The molecule has 14 aromatic rings. The fourth-order valence-electron chi connectivity index (χ4n) is 12.0. The second-order valence-electron chi connectivity index (χ2n) is 19.8. The highest BCUT2D eigenvalue weighted by Crippen LogP contribution is 2.48. The van der Waals surface area contributed by atoms with Gasteiger partial charge in [-0.1, -0.05) is 182 Å². The van der Waals surface area contributed by atoms with Crippen molar-refractivity contribution in [2.75, 3.05) is 9.80 Å². The van der Waals surface area contributed by atoms with Crippen molar-refractivity contribution in [2.45, 2.75) is 6.42 Å². The Morgan fingerprint density at radius 3 is 1.26 bits per heavy atom. The predicted molar refractivity (Wildman–Crippen MR) is 314 cm³/mol. The van der Waals surface area contributed by atoms with Gasteiger partial charge >= 0.3 is 0 Å². The van der Waals surface area contributed by atoms with Gasteiger partial charge < -0.3 is 14.4 Å². The summed E-state index contributed by atoms with van der Waals surface area (Å²) in [6.07, 6.45) is 0.919. The van der Waals surface area contributed by atoms with E-state index in [-0.39, 0.29) is 0 Å². The third-order valence-corrected chi connectivity index (χ3v) is 15.4. The quantitative estimate of drug-likeness (QED) is 0.150. The Bertz CT molecular complexity index is 4210. The Morgan fingerprint density at radius 2 is 0.743 bits per heavy atom. The highest BCUT2D eigenvalue weighted by molar-refractivity contribution is 6.14. The van der Waals surface area contributed by atoms with Crippen LogP contribution in [-0.2, 0) is 6.42 Å². The molecule has 1 aliphatic rings. The number of aromatic nitrogens is 1. The molecule has 346 valence electrons. The van der Waals surface area contributed by atoms with Crippen molar-refractivity contribution in [3.05, 3.63) is 284 Å². The fraction of sp³-hybridized carbons (Fsp3) is 0.0141. The number of hydrogen-bond acceptors (Lipinski definition) is 2. The highest BCUT2D eigenvalue weighted by atomic mass is 15.2. The molecule has 13 aromatic carbocycles. The van der Waals surface area contributed by atoms with Gasteiger partial charge in [0.25, 0.3) is 0 Å². The summed E-state index contributed by atoms with van der Waals surface area (Å²) in [6.45, 7) is 0. The molecule has 0 spiro atoms. The van der Waals surface area contributed by atoms with E-state index in [0.717, 1.165) is 57.4 Å². The number of nitrogens with zero attached hydrogens (tertiary/aromatic N) is 3. The minimum Gasteiger partial charge on any atom is -0.310 e. The van der Waals surface area contributed by atoms with Crippen LogP contribution in [0.5, 0.6) is 0 Å². The zero-order valence-corrected chi connectivity index (χ0v) is 40.5. The topological polar surface area (TPSA) is 11.4 Å². The van der Waals surface area contributed by atoms with Crippen molar-refractivity contribution < 1.29 is 0 Å². The Balaban J connectivity index is 1.02. The van der Waals surface area contributed by atoms with E-state index in [0.29, 0.717) is 0 Å². The van der Waals surface area contributed by atoms with Crippen molar-refractivity contribution in [1.82, 2.24) is 4.57 Å². The molecule has 0 bridgehead atoms. The summed E-state index contributed by atoms with van der Waals surface area (Å²) in [6, 6.07) is 101. The maximum Gasteiger partial charge on any atom is 0.0547 e. The fourth-order valence-corrected chi connectivity index (χ4v) is 12.0. The average molecular weight is 942 g/mol. The van der Waals surface area contributed by atoms with Crippen LogP contribution in [0.2, 0.25) is 0 Å². The first kappa shape index (κ1) is 42.0. The second kappa shape index (κ2) is 17.0. The number of benzene rings is 13. The lowest BCUT2D eigenvalue weighted by Gasteiger charge is -2.31. The molecule has 0 fully saturated rings. The molecule has 3 heteroatoms. The summed E-state index contributed by atoms with van der Waals surface area (Å²) in [5.41, 5.74) is 17.7. The van der Waals surface area contributed by atoms with Gasteiger partial charge in [-0.25, -0.2) is 0 Å².